The van der Waals surface area contributed by atoms with Gasteiger partial charge in [0.05, 0.1) is 23.0 Å². The van der Waals surface area contributed by atoms with Crippen LogP contribution in [0.5, 0.6) is 5.75 Å². The summed E-state index contributed by atoms with van der Waals surface area (Å²) >= 11 is 9.15. The first-order valence-corrected chi connectivity index (χ1v) is 8.51. The zero-order valence-corrected chi connectivity index (χ0v) is 15.5. The minimum atomic E-state index is -0.696. The summed E-state index contributed by atoms with van der Waals surface area (Å²) in [6, 6.07) is 11.4. The quantitative estimate of drug-likeness (QED) is 0.551. The Kier molecular flexibility index (Phi) is 5.24. The number of rotatable bonds is 3. The molecule has 3 rings (SSSR count). The van der Waals surface area contributed by atoms with Crippen molar-refractivity contribution in [2.24, 2.45) is 0 Å². The molecule has 3 aromatic rings. The van der Waals surface area contributed by atoms with Gasteiger partial charge < -0.3 is 5.11 Å². The van der Waals surface area contributed by atoms with E-state index in [2.05, 4.69) is 31.9 Å². The van der Waals surface area contributed by atoms with Gasteiger partial charge in [0.25, 0.3) is 11.8 Å². The van der Waals surface area contributed by atoms with Crippen LogP contribution in [0.25, 0.3) is 5.69 Å². The zero-order chi connectivity index (χ0) is 18.7. The van der Waals surface area contributed by atoms with E-state index >= 15 is 0 Å². The summed E-state index contributed by atoms with van der Waals surface area (Å²) in [7, 11) is 0. The summed E-state index contributed by atoms with van der Waals surface area (Å²) in [4.78, 5) is 24.2. The van der Waals surface area contributed by atoms with Crippen LogP contribution in [-0.4, -0.2) is 26.7 Å². The molecule has 1 aromatic heterocycles. The second kappa shape index (κ2) is 7.59. The second-order valence-corrected chi connectivity index (χ2v) is 6.57. The van der Waals surface area contributed by atoms with Gasteiger partial charge in [-0.15, -0.1) is 0 Å². The van der Waals surface area contributed by atoms with Crippen LogP contribution >= 0.6 is 27.5 Å². The fraction of sp³-hybridized carbons (Fsp3) is 0. The van der Waals surface area contributed by atoms with Crippen LogP contribution in [0.1, 0.15) is 20.7 Å². The Morgan fingerprint density at radius 2 is 1.77 bits per heavy atom. The van der Waals surface area contributed by atoms with Crippen molar-refractivity contribution in [3.63, 3.8) is 0 Å². The number of benzene rings is 2. The maximum absolute atomic E-state index is 12.2. The summed E-state index contributed by atoms with van der Waals surface area (Å²) in [5.74, 6) is -1.49. The van der Waals surface area contributed by atoms with Crippen molar-refractivity contribution in [2.75, 3.05) is 0 Å². The number of aromatic hydroxyl groups is 1. The van der Waals surface area contributed by atoms with E-state index in [0.29, 0.717) is 0 Å². The third-order valence-corrected chi connectivity index (χ3v) is 4.19. The Labute approximate surface area is 161 Å². The van der Waals surface area contributed by atoms with Gasteiger partial charge in [-0.05, 0) is 42.5 Å². The van der Waals surface area contributed by atoms with Crippen molar-refractivity contribution in [1.82, 2.24) is 20.6 Å². The van der Waals surface area contributed by atoms with Gasteiger partial charge in [-0.25, -0.2) is 4.68 Å². The number of halogens is 2. The Bertz CT molecular complexity index is 972. The Morgan fingerprint density at radius 3 is 2.50 bits per heavy atom. The molecular formula is C17H12BrClN4O3. The van der Waals surface area contributed by atoms with E-state index in [1.54, 1.807) is 0 Å². The molecule has 0 radical (unpaired) electrons. The van der Waals surface area contributed by atoms with Crippen LogP contribution in [-0.2, 0) is 0 Å². The molecule has 7 nitrogen and oxygen atoms in total. The second-order valence-electron chi connectivity index (χ2n) is 5.22. The third kappa shape index (κ3) is 4.04. The van der Waals surface area contributed by atoms with Crippen molar-refractivity contribution in [3.05, 3.63) is 75.5 Å². The number of carbonyl (C=O) groups is 2. The molecule has 0 bridgehead atoms. The number of hydrogen-bond acceptors (Lipinski definition) is 4. The number of carbonyl (C=O) groups excluding carboxylic acids is 2. The standard InChI is InChI=1S/C17H12BrClN4O3/c18-11-1-4-13(5-2-11)23-9-10(8-20-23)16(25)21-22-17(26)14-7-12(19)3-6-15(14)24/h1-9,24H,(H,21,25)(H,22,26). The molecule has 1 heterocycles. The van der Waals surface area contributed by atoms with Gasteiger partial charge in [-0.1, -0.05) is 27.5 Å². The van der Waals surface area contributed by atoms with Gasteiger partial charge in [-0.3, -0.25) is 20.4 Å². The van der Waals surface area contributed by atoms with Gasteiger partial charge in [-0.2, -0.15) is 5.10 Å². The molecule has 0 atom stereocenters. The molecule has 0 saturated carbocycles. The van der Waals surface area contributed by atoms with Gasteiger partial charge in [0, 0.05) is 15.7 Å². The molecule has 0 aliphatic rings. The molecule has 132 valence electrons. The van der Waals surface area contributed by atoms with Gasteiger partial charge in [0.1, 0.15) is 5.75 Å². The van der Waals surface area contributed by atoms with E-state index in [1.807, 2.05) is 24.3 Å². The molecule has 0 unspecified atom stereocenters. The minimum absolute atomic E-state index is 0.0524. The van der Waals surface area contributed by atoms with Crippen molar-refractivity contribution in [1.29, 1.82) is 0 Å². The minimum Gasteiger partial charge on any atom is -0.507 e. The van der Waals surface area contributed by atoms with Crippen molar-refractivity contribution in [3.8, 4) is 11.4 Å². The molecule has 0 saturated heterocycles. The third-order valence-electron chi connectivity index (χ3n) is 3.43. The average molecular weight is 436 g/mol. The van der Waals surface area contributed by atoms with Crippen LogP contribution < -0.4 is 10.9 Å². The van der Waals surface area contributed by atoms with Crippen LogP contribution in [0, 0.1) is 0 Å². The fourth-order valence-corrected chi connectivity index (χ4v) is 2.55. The Balaban J connectivity index is 1.66. The van der Waals surface area contributed by atoms with Crippen LogP contribution in [0.2, 0.25) is 5.02 Å². The summed E-state index contributed by atoms with van der Waals surface area (Å²) in [6.07, 6.45) is 2.90. The van der Waals surface area contributed by atoms with Crippen LogP contribution in [0.15, 0.2) is 59.3 Å². The lowest BCUT2D eigenvalue weighted by Gasteiger charge is -2.08. The largest absolute Gasteiger partial charge is 0.507 e. The molecule has 0 fully saturated rings. The van der Waals surface area contributed by atoms with E-state index in [0.717, 1.165) is 10.2 Å². The topological polar surface area (TPSA) is 96.2 Å². The first kappa shape index (κ1) is 18.0. The highest BCUT2D eigenvalue weighted by atomic mass is 79.9. The number of nitrogens with zero attached hydrogens (tertiary/aromatic N) is 2. The zero-order valence-electron chi connectivity index (χ0n) is 13.1. The molecular weight excluding hydrogens is 424 g/mol. The van der Waals surface area contributed by atoms with E-state index in [4.69, 9.17) is 11.6 Å². The number of aromatic nitrogens is 2. The van der Waals surface area contributed by atoms with Gasteiger partial charge in [0.2, 0.25) is 0 Å². The van der Waals surface area contributed by atoms with Crippen LogP contribution in [0.4, 0.5) is 0 Å². The van der Waals surface area contributed by atoms with E-state index in [9.17, 15) is 14.7 Å². The highest BCUT2D eigenvalue weighted by Crippen LogP contribution is 2.21. The normalized spacial score (nSPS) is 10.4. The molecule has 26 heavy (non-hydrogen) atoms. The lowest BCUT2D eigenvalue weighted by atomic mass is 10.2. The number of hydrogen-bond donors (Lipinski definition) is 3. The average Bonchev–Trinajstić information content (AvgIpc) is 3.12. The summed E-state index contributed by atoms with van der Waals surface area (Å²) in [5, 5.41) is 14.1. The summed E-state index contributed by atoms with van der Waals surface area (Å²) < 4.78 is 2.46. The number of nitrogens with one attached hydrogen (secondary N) is 2. The smallest absolute Gasteiger partial charge is 0.273 e. The molecule has 0 aliphatic carbocycles. The summed E-state index contributed by atoms with van der Waals surface area (Å²) in [6.45, 7) is 0. The van der Waals surface area contributed by atoms with Crippen molar-refractivity contribution >= 4 is 39.3 Å². The van der Waals surface area contributed by atoms with E-state index in [-0.39, 0.29) is 21.9 Å². The maximum Gasteiger partial charge on any atom is 0.273 e. The SMILES string of the molecule is O=C(NNC(=O)c1cc(Cl)ccc1O)c1cnn(-c2ccc(Br)cc2)c1. The first-order chi connectivity index (χ1) is 12.4. The molecule has 2 amide bonds. The van der Waals surface area contributed by atoms with Gasteiger partial charge >= 0.3 is 0 Å². The molecule has 9 heteroatoms. The van der Waals surface area contributed by atoms with E-state index in [1.165, 1.54) is 35.3 Å². The number of hydrazine groups is 1. The molecule has 0 aliphatic heterocycles. The molecule has 0 spiro atoms. The predicted octanol–water partition coefficient (Wildman–Crippen LogP) is 3.07. The fourth-order valence-electron chi connectivity index (χ4n) is 2.12. The maximum atomic E-state index is 12.2. The first-order valence-electron chi connectivity index (χ1n) is 7.34. The number of amides is 2. The number of phenols is 1. The van der Waals surface area contributed by atoms with Gasteiger partial charge in [0.15, 0.2) is 0 Å². The van der Waals surface area contributed by atoms with Crippen molar-refractivity contribution < 1.29 is 14.7 Å². The van der Waals surface area contributed by atoms with E-state index < -0.39 is 11.8 Å². The van der Waals surface area contributed by atoms with Crippen molar-refractivity contribution in [2.45, 2.75) is 0 Å². The number of phenolic OH excluding ortho intramolecular Hbond substituents is 1. The molecule has 2 aromatic carbocycles. The Hall–Kier alpha value is -2.84. The lowest BCUT2D eigenvalue weighted by molar-refractivity contribution is 0.0845. The monoisotopic (exact) mass is 434 g/mol. The highest BCUT2D eigenvalue weighted by molar-refractivity contribution is 9.10. The highest BCUT2D eigenvalue weighted by Gasteiger charge is 2.14. The summed E-state index contributed by atoms with van der Waals surface area (Å²) in [5.41, 5.74) is 5.46. The van der Waals surface area contributed by atoms with Crippen LogP contribution in [0.3, 0.4) is 0 Å². The lowest BCUT2D eigenvalue weighted by Crippen LogP contribution is -2.41. The predicted molar refractivity (Wildman–Crippen MR) is 99.3 cm³/mol. The molecule has 3 N–H and O–H groups in total. The Morgan fingerprint density at radius 1 is 1.08 bits per heavy atom.